The van der Waals surface area contributed by atoms with Gasteiger partial charge in [0.2, 0.25) is 0 Å². The second-order valence-electron chi connectivity index (χ2n) is 4.25. The standard InChI is InChI=1S/C16H18N2O3/c1-2-20-16(19)9-8-14-10-11-18(17-14)12-13-21-15-6-4-3-5-7-15/h3-11H,2,12-13H2,1H3/b9-8+. The summed E-state index contributed by atoms with van der Waals surface area (Å²) in [7, 11) is 0. The lowest BCUT2D eigenvalue weighted by molar-refractivity contribution is -0.137. The summed E-state index contributed by atoms with van der Waals surface area (Å²) in [6, 6.07) is 11.5. The molecule has 1 aromatic heterocycles. The van der Waals surface area contributed by atoms with Crippen LogP contribution in [0.15, 0.2) is 48.7 Å². The summed E-state index contributed by atoms with van der Waals surface area (Å²) in [6.45, 7) is 3.32. The molecule has 21 heavy (non-hydrogen) atoms. The predicted octanol–water partition coefficient (Wildman–Crippen LogP) is 2.54. The van der Waals surface area contributed by atoms with Crippen molar-refractivity contribution in [3.63, 3.8) is 0 Å². The lowest BCUT2D eigenvalue weighted by atomic mass is 10.3. The first-order valence-electron chi connectivity index (χ1n) is 6.84. The number of hydrogen-bond donors (Lipinski definition) is 0. The Labute approximate surface area is 123 Å². The van der Waals surface area contributed by atoms with Crippen LogP contribution in [0.5, 0.6) is 5.75 Å². The Bertz CT molecular complexity index is 591. The molecule has 0 aliphatic heterocycles. The number of ether oxygens (including phenoxy) is 2. The Hall–Kier alpha value is -2.56. The van der Waals surface area contributed by atoms with Gasteiger partial charge in [0.15, 0.2) is 0 Å². The van der Waals surface area contributed by atoms with Crippen molar-refractivity contribution in [2.75, 3.05) is 13.2 Å². The number of aromatic nitrogens is 2. The summed E-state index contributed by atoms with van der Waals surface area (Å²) in [5.74, 6) is 0.478. The predicted molar refractivity (Wildman–Crippen MR) is 79.8 cm³/mol. The lowest BCUT2D eigenvalue weighted by Gasteiger charge is -2.05. The summed E-state index contributed by atoms with van der Waals surface area (Å²) in [5, 5.41) is 4.32. The van der Waals surface area contributed by atoms with Crippen LogP contribution in [0, 0.1) is 0 Å². The second-order valence-corrected chi connectivity index (χ2v) is 4.25. The molecule has 0 aliphatic rings. The van der Waals surface area contributed by atoms with Gasteiger partial charge in [-0.2, -0.15) is 5.10 Å². The van der Waals surface area contributed by atoms with Gasteiger partial charge in [0, 0.05) is 12.3 Å². The highest BCUT2D eigenvalue weighted by Gasteiger charge is 1.99. The van der Waals surface area contributed by atoms with Crippen molar-refractivity contribution in [3.8, 4) is 5.75 Å². The van der Waals surface area contributed by atoms with E-state index in [9.17, 15) is 4.79 Å². The highest BCUT2D eigenvalue weighted by Crippen LogP contribution is 2.08. The average molecular weight is 286 g/mol. The van der Waals surface area contributed by atoms with Crippen molar-refractivity contribution in [3.05, 3.63) is 54.4 Å². The second kappa shape index (κ2) is 7.89. The summed E-state index contributed by atoms with van der Waals surface area (Å²) < 4.78 is 12.2. The van der Waals surface area contributed by atoms with E-state index in [2.05, 4.69) is 5.10 Å². The quantitative estimate of drug-likeness (QED) is 0.580. The number of para-hydroxylation sites is 1. The molecule has 0 atom stereocenters. The van der Waals surface area contributed by atoms with Gasteiger partial charge in [0.05, 0.1) is 18.8 Å². The Morgan fingerprint density at radius 2 is 2.10 bits per heavy atom. The molecule has 5 nitrogen and oxygen atoms in total. The molecule has 5 heteroatoms. The van der Waals surface area contributed by atoms with E-state index in [0.29, 0.717) is 25.5 Å². The number of hydrogen-bond acceptors (Lipinski definition) is 4. The molecule has 1 aromatic carbocycles. The van der Waals surface area contributed by atoms with E-state index in [4.69, 9.17) is 9.47 Å². The highest BCUT2D eigenvalue weighted by molar-refractivity contribution is 5.86. The smallest absolute Gasteiger partial charge is 0.330 e. The Kier molecular flexibility index (Phi) is 5.58. The summed E-state index contributed by atoms with van der Waals surface area (Å²) >= 11 is 0. The fraction of sp³-hybridized carbons (Fsp3) is 0.250. The maximum atomic E-state index is 11.2. The van der Waals surface area contributed by atoms with E-state index < -0.39 is 0 Å². The van der Waals surface area contributed by atoms with Gasteiger partial charge in [-0.25, -0.2) is 4.79 Å². The summed E-state index contributed by atoms with van der Waals surface area (Å²) in [4.78, 5) is 11.2. The average Bonchev–Trinajstić information content (AvgIpc) is 2.95. The molecule has 1 heterocycles. The van der Waals surface area contributed by atoms with E-state index in [1.54, 1.807) is 17.7 Å². The van der Waals surface area contributed by atoms with Crippen LogP contribution in [0.1, 0.15) is 12.6 Å². The number of rotatable bonds is 7. The first-order chi connectivity index (χ1) is 10.3. The molecule has 2 rings (SSSR count). The molecular formula is C16H18N2O3. The minimum absolute atomic E-state index is 0.362. The zero-order chi connectivity index (χ0) is 14.9. The van der Waals surface area contributed by atoms with Gasteiger partial charge in [-0.3, -0.25) is 4.68 Å². The molecule has 0 fully saturated rings. The van der Waals surface area contributed by atoms with Gasteiger partial charge in [0.1, 0.15) is 12.4 Å². The van der Waals surface area contributed by atoms with Crippen molar-refractivity contribution in [2.45, 2.75) is 13.5 Å². The fourth-order valence-electron chi connectivity index (χ4n) is 1.71. The third-order valence-electron chi connectivity index (χ3n) is 2.67. The van der Waals surface area contributed by atoms with Crippen LogP contribution in [0.2, 0.25) is 0 Å². The molecule has 2 aromatic rings. The normalized spacial score (nSPS) is 10.7. The Morgan fingerprint density at radius 3 is 2.86 bits per heavy atom. The number of benzene rings is 1. The van der Waals surface area contributed by atoms with Gasteiger partial charge >= 0.3 is 5.97 Å². The van der Waals surface area contributed by atoms with Crippen LogP contribution >= 0.6 is 0 Å². The zero-order valence-corrected chi connectivity index (χ0v) is 11.9. The maximum Gasteiger partial charge on any atom is 0.330 e. The van der Waals surface area contributed by atoms with Crippen LogP contribution in [-0.4, -0.2) is 29.0 Å². The molecule has 110 valence electrons. The van der Waals surface area contributed by atoms with Crippen molar-refractivity contribution < 1.29 is 14.3 Å². The lowest BCUT2D eigenvalue weighted by Crippen LogP contribution is -2.08. The topological polar surface area (TPSA) is 53.4 Å². The van der Waals surface area contributed by atoms with Crippen molar-refractivity contribution >= 4 is 12.0 Å². The van der Waals surface area contributed by atoms with Crippen LogP contribution in [0.4, 0.5) is 0 Å². The minimum Gasteiger partial charge on any atom is -0.492 e. The van der Waals surface area contributed by atoms with Crippen LogP contribution in [0.25, 0.3) is 6.08 Å². The molecule has 0 N–H and O–H groups in total. The first-order valence-corrected chi connectivity index (χ1v) is 6.84. The molecule has 0 radical (unpaired) electrons. The first kappa shape index (κ1) is 14.8. The maximum absolute atomic E-state index is 11.2. The van der Waals surface area contributed by atoms with E-state index in [1.165, 1.54) is 6.08 Å². The fourth-order valence-corrected chi connectivity index (χ4v) is 1.71. The minimum atomic E-state index is -0.362. The van der Waals surface area contributed by atoms with Gasteiger partial charge in [-0.15, -0.1) is 0 Å². The molecule has 0 saturated heterocycles. The summed E-state index contributed by atoms with van der Waals surface area (Å²) in [5.41, 5.74) is 0.711. The van der Waals surface area contributed by atoms with Crippen molar-refractivity contribution in [1.82, 2.24) is 9.78 Å². The molecule has 0 unspecified atom stereocenters. The van der Waals surface area contributed by atoms with Crippen LogP contribution in [0.3, 0.4) is 0 Å². The Morgan fingerprint density at radius 1 is 1.29 bits per heavy atom. The third kappa shape index (κ3) is 5.14. The molecular weight excluding hydrogens is 268 g/mol. The van der Waals surface area contributed by atoms with E-state index >= 15 is 0 Å². The molecule has 0 bridgehead atoms. The molecule has 0 aliphatic carbocycles. The highest BCUT2D eigenvalue weighted by atomic mass is 16.5. The van der Waals surface area contributed by atoms with Crippen molar-refractivity contribution in [2.24, 2.45) is 0 Å². The number of esters is 1. The van der Waals surface area contributed by atoms with Crippen LogP contribution < -0.4 is 4.74 Å². The van der Waals surface area contributed by atoms with Gasteiger partial charge in [-0.05, 0) is 31.2 Å². The van der Waals surface area contributed by atoms with E-state index in [-0.39, 0.29) is 5.97 Å². The number of carbonyl (C=O) groups is 1. The van der Waals surface area contributed by atoms with Crippen molar-refractivity contribution in [1.29, 1.82) is 0 Å². The number of carbonyl (C=O) groups excluding carboxylic acids is 1. The van der Waals surface area contributed by atoms with E-state index in [1.807, 2.05) is 42.6 Å². The SMILES string of the molecule is CCOC(=O)/C=C/c1ccn(CCOc2ccccc2)n1. The third-order valence-corrected chi connectivity index (χ3v) is 2.67. The van der Waals surface area contributed by atoms with Crippen LogP contribution in [-0.2, 0) is 16.1 Å². The summed E-state index contributed by atoms with van der Waals surface area (Å²) in [6.07, 6.45) is 4.85. The van der Waals surface area contributed by atoms with Gasteiger partial charge < -0.3 is 9.47 Å². The number of nitrogens with zero attached hydrogens (tertiary/aromatic N) is 2. The molecule has 0 amide bonds. The monoisotopic (exact) mass is 286 g/mol. The van der Waals surface area contributed by atoms with Gasteiger partial charge in [-0.1, -0.05) is 18.2 Å². The molecule has 0 spiro atoms. The Balaban J connectivity index is 1.79. The largest absolute Gasteiger partial charge is 0.492 e. The van der Waals surface area contributed by atoms with Gasteiger partial charge in [0.25, 0.3) is 0 Å². The molecule has 0 saturated carbocycles. The zero-order valence-electron chi connectivity index (χ0n) is 11.9. The van der Waals surface area contributed by atoms with E-state index in [0.717, 1.165) is 5.75 Å².